The second kappa shape index (κ2) is 8.57. The highest BCUT2D eigenvalue weighted by atomic mass is 16.5. The lowest BCUT2D eigenvalue weighted by molar-refractivity contribution is -0.118. The monoisotopic (exact) mass is 370 g/mol. The van der Waals surface area contributed by atoms with Gasteiger partial charge in [-0.1, -0.05) is 13.8 Å². The van der Waals surface area contributed by atoms with Crippen LogP contribution in [0.4, 0.5) is 5.69 Å². The van der Waals surface area contributed by atoms with Crippen LogP contribution in [0.3, 0.4) is 0 Å². The summed E-state index contributed by atoms with van der Waals surface area (Å²) in [5.74, 6) is 1.98. The summed E-state index contributed by atoms with van der Waals surface area (Å²) < 4.78 is 7.99. The minimum Gasteiger partial charge on any atom is -0.490 e. The van der Waals surface area contributed by atoms with Crippen LogP contribution in [0.1, 0.15) is 51.4 Å². The zero-order valence-corrected chi connectivity index (χ0v) is 16.7. The molecular formula is C21H30N4O2. The van der Waals surface area contributed by atoms with E-state index in [4.69, 9.17) is 4.74 Å². The quantitative estimate of drug-likeness (QED) is 0.843. The van der Waals surface area contributed by atoms with Gasteiger partial charge in [-0.25, -0.2) is 4.98 Å². The summed E-state index contributed by atoms with van der Waals surface area (Å²) in [7, 11) is 2.14. The normalized spacial score (nSPS) is 17.1. The molecule has 2 aromatic rings. The summed E-state index contributed by atoms with van der Waals surface area (Å²) in [4.78, 5) is 19.3. The van der Waals surface area contributed by atoms with E-state index in [0.717, 1.165) is 43.2 Å². The molecular weight excluding hydrogens is 340 g/mol. The predicted octanol–water partition coefficient (Wildman–Crippen LogP) is 3.68. The van der Waals surface area contributed by atoms with E-state index in [1.165, 1.54) is 0 Å². The fourth-order valence-electron chi connectivity index (χ4n) is 3.38. The molecule has 0 bridgehead atoms. The van der Waals surface area contributed by atoms with Crippen LogP contribution in [0.15, 0.2) is 36.7 Å². The Bertz CT molecular complexity index is 746. The van der Waals surface area contributed by atoms with Gasteiger partial charge in [-0.3, -0.25) is 4.79 Å². The van der Waals surface area contributed by atoms with Gasteiger partial charge in [0.1, 0.15) is 23.7 Å². The van der Waals surface area contributed by atoms with E-state index in [9.17, 15) is 4.79 Å². The Hall–Kier alpha value is -2.34. The van der Waals surface area contributed by atoms with Crippen LogP contribution in [-0.4, -0.2) is 46.6 Å². The average Bonchev–Trinajstić information content (AvgIpc) is 3.14. The van der Waals surface area contributed by atoms with Gasteiger partial charge in [0.25, 0.3) is 0 Å². The Morgan fingerprint density at radius 2 is 1.85 bits per heavy atom. The third-order valence-electron chi connectivity index (χ3n) is 5.10. The summed E-state index contributed by atoms with van der Waals surface area (Å²) in [6.07, 6.45) is 5.98. The lowest BCUT2D eigenvalue weighted by Gasteiger charge is -2.29. The van der Waals surface area contributed by atoms with Gasteiger partial charge in [-0.15, -0.1) is 0 Å². The molecule has 1 aromatic carbocycles. The first kappa shape index (κ1) is 19.4. The van der Waals surface area contributed by atoms with Gasteiger partial charge < -0.3 is 19.5 Å². The van der Waals surface area contributed by atoms with Crippen LogP contribution in [0.5, 0.6) is 5.75 Å². The van der Waals surface area contributed by atoms with Gasteiger partial charge in [0.05, 0.1) is 0 Å². The summed E-state index contributed by atoms with van der Waals surface area (Å²) in [5.41, 5.74) is 0.772. The molecule has 1 unspecified atom stereocenters. The van der Waals surface area contributed by atoms with Crippen molar-refractivity contribution in [2.45, 2.75) is 51.7 Å². The molecule has 1 amide bonds. The number of piperidine rings is 1. The molecule has 3 rings (SSSR count). The molecule has 1 aliphatic rings. The molecule has 1 saturated heterocycles. The zero-order chi connectivity index (χ0) is 19.4. The first-order valence-corrected chi connectivity index (χ1v) is 9.73. The molecule has 6 heteroatoms. The number of carbonyl (C=O) groups is 1. The number of nitrogens with one attached hydrogen (secondary N) is 1. The molecule has 0 radical (unpaired) electrons. The van der Waals surface area contributed by atoms with Crippen molar-refractivity contribution in [2.75, 3.05) is 25.5 Å². The highest BCUT2D eigenvalue weighted by Gasteiger charge is 2.20. The molecule has 6 nitrogen and oxygen atoms in total. The highest BCUT2D eigenvalue weighted by Crippen LogP contribution is 2.22. The van der Waals surface area contributed by atoms with E-state index in [0.29, 0.717) is 0 Å². The van der Waals surface area contributed by atoms with Gasteiger partial charge >= 0.3 is 0 Å². The fraction of sp³-hybridized carbons (Fsp3) is 0.524. The molecule has 2 heterocycles. The first-order valence-electron chi connectivity index (χ1n) is 9.73. The van der Waals surface area contributed by atoms with Gasteiger partial charge in [0.2, 0.25) is 5.91 Å². The molecule has 27 heavy (non-hydrogen) atoms. The Balaban J connectivity index is 1.57. The van der Waals surface area contributed by atoms with Gasteiger partial charge in [0.15, 0.2) is 0 Å². The van der Waals surface area contributed by atoms with Gasteiger partial charge in [-0.2, -0.15) is 0 Å². The molecule has 0 spiro atoms. The Kier molecular flexibility index (Phi) is 6.16. The molecule has 1 aromatic heterocycles. The van der Waals surface area contributed by atoms with Crippen LogP contribution in [-0.2, 0) is 4.79 Å². The smallest absolute Gasteiger partial charge is 0.247 e. The Morgan fingerprint density at radius 3 is 2.48 bits per heavy atom. The van der Waals surface area contributed by atoms with Crippen molar-refractivity contribution >= 4 is 11.6 Å². The third-order valence-corrected chi connectivity index (χ3v) is 5.10. The van der Waals surface area contributed by atoms with Crippen molar-refractivity contribution < 1.29 is 9.53 Å². The summed E-state index contributed by atoms with van der Waals surface area (Å²) in [6, 6.07) is 7.32. The summed E-state index contributed by atoms with van der Waals surface area (Å²) in [5, 5.41) is 2.98. The predicted molar refractivity (Wildman–Crippen MR) is 107 cm³/mol. The van der Waals surface area contributed by atoms with Crippen molar-refractivity contribution in [3.8, 4) is 5.75 Å². The fourth-order valence-corrected chi connectivity index (χ4v) is 3.38. The Labute approximate surface area is 161 Å². The average molecular weight is 370 g/mol. The maximum atomic E-state index is 12.6. The van der Waals surface area contributed by atoms with Crippen LogP contribution in [0.2, 0.25) is 0 Å². The van der Waals surface area contributed by atoms with E-state index in [1.54, 1.807) is 6.20 Å². The second-order valence-corrected chi connectivity index (χ2v) is 7.66. The number of rotatable bonds is 6. The van der Waals surface area contributed by atoms with E-state index in [-0.39, 0.29) is 24.0 Å². The molecule has 0 saturated carbocycles. The van der Waals surface area contributed by atoms with Gasteiger partial charge in [0, 0.05) is 37.1 Å². The van der Waals surface area contributed by atoms with E-state index in [1.807, 2.05) is 42.0 Å². The molecule has 1 N–H and O–H groups in total. The molecule has 1 atom stereocenters. The van der Waals surface area contributed by atoms with E-state index < -0.39 is 0 Å². The van der Waals surface area contributed by atoms with Crippen molar-refractivity contribution in [1.29, 1.82) is 0 Å². The summed E-state index contributed by atoms with van der Waals surface area (Å²) in [6.45, 7) is 8.19. The number of anilines is 1. The standard InChI is InChI=1S/C21H30N4O2/c1-15(2)20-22-11-14-25(20)16(3)21(26)23-17-5-7-18(8-6-17)27-19-9-12-24(4)13-10-19/h5-8,11,14-16,19H,9-10,12-13H2,1-4H3,(H,23,26). The number of benzene rings is 1. The number of aromatic nitrogens is 2. The molecule has 146 valence electrons. The molecule has 1 fully saturated rings. The van der Waals surface area contributed by atoms with Crippen molar-refractivity contribution in [1.82, 2.24) is 14.5 Å². The van der Waals surface area contributed by atoms with Crippen molar-refractivity contribution in [2.24, 2.45) is 0 Å². The molecule has 0 aliphatic carbocycles. The number of imidazole rings is 1. The lowest BCUT2D eigenvalue weighted by Crippen LogP contribution is -2.35. The van der Waals surface area contributed by atoms with Crippen LogP contribution in [0, 0.1) is 0 Å². The maximum Gasteiger partial charge on any atom is 0.247 e. The zero-order valence-electron chi connectivity index (χ0n) is 16.7. The third kappa shape index (κ3) is 4.89. The Morgan fingerprint density at radius 1 is 1.19 bits per heavy atom. The summed E-state index contributed by atoms with van der Waals surface area (Å²) >= 11 is 0. The van der Waals surface area contributed by atoms with Gasteiger partial charge in [-0.05, 0) is 51.1 Å². The SMILES string of the molecule is CC(C)c1nccn1C(C)C(=O)Nc1ccc(OC2CCN(C)CC2)cc1. The number of carbonyl (C=O) groups excluding carboxylic acids is 1. The van der Waals surface area contributed by atoms with Crippen molar-refractivity contribution in [3.63, 3.8) is 0 Å². The van der Waals surface area contributed by atoms with Crippen molar-refractivity contribution in [3.05, 3.63) is 42.5 Å². The number of nitrogens with zero attached hydrogens (tertiary/aromatic N) is 3. The number of ether oxygens (including phenoxy) is 1. The minimum absolute atomic E-state index is 0.0566. The number of amides is 1. The number of hydrogen-bond acceptors (Lipinski definition) is 4. The lowest BCUT2D eigenvalue weighted by atomic mass is 10.1. The van der Waals surface area contributed by atoms with E-state index in [2.05, 4.69) is 36.1 Å². The first-order chi connectivity index (χ1) is 12.9. The maximum absolute atomic E-state index is 12.6. The minimum atomic E-state index is -0.319. The van der Waals surface area contributed by atoms with E-state index >= 15 is 0 Å². The highest BCUT2D eigenvalue weighted by molar-refractivity contribution is 5.93. The van der Waals surface area contributed by atoms with Crippen LogP contribution >= 0.6 is 0 Å². The number of hydrogen-bond donors (Lipinski definition) is 1. The largest absolute Gasteiger partial charge is 0.490 e. The topological polar surface area (TPSA) is 59.4 Å². The van der Waals surface area contributed by atoms with Crippen LogP contribution < -0.4 is 10.1 Å². The molecule has 1 aliphatic heterocycles. The second-order valence-electron chi connectivity index (χ2n) is 7.66. The van der Waals surface area contributed by atoms with Crippen LogP contribution in [0.25, 0.3) is 0 Å². The number of likely N-dealkylation sites (tertiary alicyclic amines) is 1.